The minimum atomic E-state index is -0.0264. The van der Waals surface area contributed by atoms with Crippen LogP contribution < -0.4 is 5.32 Å². The lowest BCUT2D eigenvalue weighted by molar-refractivity contribution is -0.136. The Morgan fingerprint density at radius 3 is 2.43 bits per heavy atom. The Hall–Kier alpha value is -1.84. The third-order valence-electron chi connectivity index (χ3n) is 4.03. The number of carbonyl (C=O) groups excluding carboxylic acids is 2. The number of hydrogen-bond donors (Lipinski definition) is 1. The van der Waals surface area contributed by atoms with Crippen molar-refractivity contribution in [1.29, 1.82) is 0 Å². The molecule has 1 aliphatic rings. The molecule has 0 bridgehead atoms. The Morgan fingerprint density at radius 1 is 1.24 bits per heavy atom. The predicted octanol–water partition coefficient (Wildman–Crippen LogP) is 2.34. The van der Waals surface area contributed by atoms with E-state index in [1.807, 2.05) is 44.2 Å². The molecular formula is C17H24N2O2. The summed E-state index contributed by atoms with van der Waals surface area (Å²) in [6, 6.07) is 10.0. The van der Waals surface area contributed by atoms with Gasteiger partial charge in [-0.1, -0.05) is 36.8 Å². The van der Waals surface area contributed by atoms with Crippen LogP contribution in [0, 0.1) is 5.92 Å². The number of carbonyl (C=O) groups is 2. The quantitative estimate of drug-likeness (QED) is 0.873. The lowest BCUT2D eigenvalue weighted by Gasteiger charge is -2.28. The highest BCUT2D eigenvalue weighted by Gasteiger charge is 2.26. The molecule has 0 saturated heterocycles. The Labute approximate surface area is 126 Å². The van der Waals surface area contributed by atoms with Crippen molar-refractivity contribution in [1.82, 2.24) is 10.2 Å². The molecule has 2 amide bonds. The molecule has 4 nitrogen and oxygen atoms in total. The van der Waals surface area contributed by atoms with E-state index < -0.39 is 0 Å². The minimum Gasteiger partial charge on any atom is -0.347 e. The van der Waals surface area contributed by atoms with Crippen molar-refractivity contribution in [2.24, 2.45) is 5.92 Å². The van der Waals surface area contributed by atoms with Gasteiger partial charge in [0.25, 0.3) is 0 Å². The summed E-state index contributed by atoms with van der Waals surface area (Å²) in [5.41, 5.74) is 1.10. The van der Waals surface area contributed by atoms with Crippen molar-refractivity contribution in [3.63, 3.8) is 0 Å². The molecule has 0 radical (unpaired) electrons. The standard InChI is InChI=1S/C17H24N2O2/c1-13(2)19(12-14-7-4-3-5-8-14)16(20)11-18-17(21)15-9-6-10-15/h3-5,7-8,13,15H,6,9-12H2,1-2H3,(H,18,21). The van der Waals surface area contributed by atoms with Gasteiger partial charge in [0.05, 0.1) is 6.54 Å². The molecule has 1 fully saturated rings. The van der Waals surface area contributed by atoms with Crippen molar-refractivity contribution in [2.75, 3.05) is 6.54 Å². The summed E-state index contributed by atoms with van der Waals surface area (Å²) in [4.78, 5) is 25.9. The van der Waals surface area contributed by atoms with E-state index in [2.05, 4.69) is 5.32 Å². The Balaban J connectivity index is 1.88. The van der Waals surface area contributed by atoms with Gasteiger partial charge in [0.1, 0.15) is 0 Å². The van der Waals surface area contributed by atoms with Crippen LogP contribution in [-0.2, 0) is 16.1 Å². The first-order valence-electron chi connectivity index (χ1n) is 7.69. The predicted molar refractivity (Wildman–Crippen MR) is 82.5 cm³/mol. The number of rotatable bonds is 6. The molecule has 1 N–H and O–H groups in total. The van der Waals surface area contributed by atoms with Crippen LogP contribution >= 0.6 is 0 Å². The van der Waals surface area contributed by atoms with Crippen molar-refractivity contribution in [3.8, 4) is 0 Å². The van der Waals surface area contributed by atoms with Crippen molar-refractivity contribution < 1.29 is 9.59 Å². The summed E-state index contributed by atoms with van der Waals surface area (Å²) >= 11 is 0. The first-order valence-corrected chi connectivity index (χ1v) is 7.69. The minimum absolute atomic E-state index is 0.0259. The SMILES string of the molecule is CC(C)N(Cc1ccccc1)C(=O)CNC(=O)C1CCC1. The Bertz CT molecular complexity index is 481. The van der Waals surface area contributed by atoms with E-state index in [4.69, 9.17) is 0 Å². The second-order valence-electron chi connectivity index (χ2n) is 5.95. The summed E-state index contributed by atoms with van der Waals surface area (Å²) in [5.74, 6) is 0.124. The summed E-state index contributed by atoms with van der Waals surface area (Å²) in [7, 11) is 0. The zero-order chi connectivity index (χ0) is 15.2. The molecule has 1 aromatic rings. The van der Waals surface area contributed by atoms with Gasteiger partial charge >= 0.3 is 0 Å². The first-order chi connectivity index (χ1) is 10.1. The molecule has 0 aliphatic heterocycles. The molecule has 0 spiro atoms. The van der Waals surface area contributed by atoms with Gasteiger partial charge in [0, 0.05) is 18.5 Å². The fraction of sp³-hybridized carbons (Fsp3) is 0.529. The number of amides is 2. The molecule has 0 heterocycles. The normalized spacial score (nSPS) is 14.6. The molecule has 0 aromatic heterocycles. The molecule has 0 unspecified atom stereocenters. The van der Waals surface area contributed by atoms with Crippen LogP contribution in [0.5, 0.6) is 0 Å². The zero-order valence-electron chi connectivity index (χ0n) is 12.8. The highest BCUT2D eigenvalue weighted by Crippen LogP contribution is 2.26. The van der Waals surface area contributed by atoms with Crippen LogP contribution in [0.4, 0.5) is 0 Å². The van der Waals surface area contributed by atoms with Gasteiger partial charge in [0.15, 0.2) is 0 Å². The van der Waals surface area contributed by atoms with E-state index in [1.165, 1.54) is 0 Å². The molecule has 2 rings (SSSR count). The number of benzene rings is 1. The van der Waals surface area contributed by atoms with Crippen LogP contribution in [0.15, 0.2) is 30.3 Å². The van der Waals surface area contributed by atoms with Crippen LogP contribution in [0.3, 0.4) is 0 Å². The molecule has 1 aliphatic carbocycles. The van der Waals surface area contributed by atoms with Crippen molar-refractivity contribution in [2.45, 2.75) is 45.7 Å². The molecule has 1 saturated carbocycles. The van der Waals surface area contributed by atoms with Gasteiger partial charge < -0.3 is 10.2 Å². The van der Waals surface area contributed by atoms with Crippen LogP contribution in [0.25, 0.3) is 0 Å². The molecule has 4 heteroatoms. The maximum absolute atomic E-state index is 12.3. The highest BCUT2D eigenvalue weighted by atomic mass is 16.2. The van der Waals surface area contributed by atoms with E-state index in [9.17, 15) is 9.59 Å². The average Bonchev–Trinajstić information content (AvgIpc) is 2.41. The Kier molecular flexibility index (Phi) is 5.37. The van der Waals surface area contributed by atoms with Crippen LogP contribution in [-0.4, -0.2) is 29.3 Å². The van der Waals surface area contributed by atoms with E-state index in [-0.39, 0.29) is 30.3 Å². The number of nitrogens with zero attached hydrogens (tertiary/aromatic N) is 1. The fourth-order valence-corrected chi connectivity index (χ4v) is 2.42. The third-order valence-corrected chi connectivity index (χ3v) is 4.03. The van der Waals surface area contributed by atoms with Crippen LogP contribution in [0.1, 0.15) is 38.7 Å². The topological polar surface area (TPSA) is 49.4 Å². The zero-order valence-corrected chi connectivity index (χ0v) is 12.8. The number of hydrogen-bond acceptors (Lipinski definition) is 2. The van der Waals surface area contributed by atoms with Gasteiger partial charge in [-0.25, -0.2) is 0 Å². The monoisotopic (exact) mass is 288 g/mol. The molecule has 114 valence electrons. The number of nitrogens with one attached hydrogen (secondary N) is 1. The summed E-state index contributed by atoms with van der Waals surface area (Å²) in [6.45, 7) is 4.67. The molecular weight excluding hydrogens is 264 g/mol. The Morgan fingerprint density at radius 2 is 1.90 bits per heavy atom. The molecule has 0 atom stereocenters. The third kappa shape index (κ3) is 4.31. The van der Waals surface area contributed by atoms with E-state index in [0.717, 1.165) is 24.8 Å². The highest BCUT2D eigenvalue weighted by molar-refractivity contribution is 5.86. The summed E-state index contributed by atoms with van der Waals surface area (Å²) in [5, 5.41) is 2.78. The van der Waals surface area contributed by atoms with Gasteiger partial charge in [-0.05, 0) is 32.3 Å². The average molecular weight is 288 g/mol. The van der Waals surface area contributed by atoms with Gasteiger partial charge in [0.2, 0.25) is 11.8 Å². The maximum Gasteiger partial charge on any atom is 0.242 e. The maximum atomic E-state index is 12.3. The lowest BCUT2D eigenvalue weighted by Crippen LogP contribution is -2.45. The lowest BCUT2D eigenvalue weighted by atomic mass is 9.85. The first kappa shape index (κ1) is 15.5. The second kappa shape index (κ2) is 7.25. The van der Waals surface area contributed by atoms with Crippen molar-refractivity contribution in [3.05, 3.63) is 35.9 Å². The summed E-state index contributed by atoms with van der Waals surface area (Å²) in [6.07, 6.45) is 3.04. The molecule has 1 aromatic carbocycles. The summed E-state index contributed by atoms with van der Waals surface area (Å²) < 4.78 is 0. The smallest absolute Gasteiger partial charge is 0.242 e. The van der Waals surface area contributed by atoms with Gasteiger partial charge in [-0.2, -0.15) is 0 Å². The fourth-order valence-electron chi connectivity index (χ4n) is 2.42. The van der Waals surface area contributed by atoms with Gasteiger partial charge in [-0.3, -0.25) is 9.59 Å². The van der Waals surface area contributed by atoms with E-state index >= 15 is 0 Å². The second-order valence-corrected chi connectivity index (χ2v) is 5.95. The van der Waals surface area contributed by atoms with E-state index in [1.54, 1.807) is 4.90 Å². The molecule has 21 heavy (non-hydrogen) atoms. The van der Waals surface area contributed by atoms with Gasteiger partial charge in [-0.15, -0.1) is 0 Å². The largest absolute Gasteiger partial charge is 0.347 e. The van der Waals surface area contributed by atoms with Crippen LogP contribution in [0.2, 0.25) is 0 Å². The van der Waals surface area contributed by atoms with Crippen molar-refractivity contribution >= 4 is 11.8 Å². The van der Waals surface area contributed by atoms with E-state index in [0.29, 0.717) is 6.54 Å².